The van der Waals surface area contributed by atoms with Crippen molar-refractivity contribution in [2.45, 2.75) is 6.92 Å². The molecule has 0 fully saturated rings. The molecule has 0 atom stereocenters. The molecule has 3 nitrogen and oxygen atoms in total. The van der Waals surface area contributed by atoms with Gasteiger partial charge in [-0.15, -0.1) is 7.05 Å². The molecular weight excluding hydrogens is 337 g/mol. The van der Waals surface area contributed by atoms with E-state index in [1.54, 1.807) is 4.57 Å². The van der Waals surface area contributed by atoms with Crippen molar-refractivity contribution >= 4 is 22.5 Å². The van der Waals surface area contributed by atoms with Gasteiger partial charge in [-0.3, -0.25) is 4.79 Å². The molecule has 3 rings (SSSR count). The molecule has 0 aliphatic carbocycles. The van der Waals surface area contributed by atoms with Gasteiger partial charge in [-0.2, -0.15) is 0 Å². The fraction of sp³-hybridized carbons (Fsp3) is 0.0588. The zero-order valence-corrected chi connectivity index (χ0v) is 14.7. The fourth-order valence-corrected chi connectivity index (χ4v) is 2.23. The maximum atomic E-state index is 12.3. The van der Waals surface area contributed by atoms with Crippen LogP contribution in [0.2, 0.25) is 0 Å². The Hall–Kier alpha value is -1.58. The number of anilines is 1. The molecule has 1 N–H and O–H groups in total. The van der Waals surface area contributed by atoms with Crippen LogP contribution < -0.4 is 5.32 Å². The average Bonchev–Trinajstić information content (AvgIpc) is 2.79. The Morgan fingerprint density at radius 2 is 1.76 bits per heavy atom. The first-order valence-electron chi connectivity index (χ1n) is 6.44. The third kappa shape index (κ3) is 3.20. The van der Waals surface area contributed by atoms with Gasteiger partial charge in [-0.25, -0.2) is 0 Å². The van der Waals surface area contributed by atoms with Crippen LogP contribution in [0.25, 0.3) is 10.9 Å². The minimum Gasteiger partial charge on any atom is -0.477 e. The van der Waals surface area contributed by atoms with Crippen LogP contribution in [0.5, 0.6) is 0 Å². The van der Waals surface area contributed by atoms with Crippen LogP contribution in [0.1, 0.15) is 16.1 Å². The predicted octanol–water partition coefficient (Wildman–Crippen LogP) is 3.84. The van der Waals surface area contributed by atoms with Crippen molar-refractivity contribution in [2.75, 3.05) is 5.32 Å². The average molecular weight is 352 g/mol. The Balaban J connectivity index is 0.00000161. The first-order chi connectivity index (χ1) is 9.65. The molecule has 3 aromatic rings. The second kappa shape index (κ2) is 6.46. The molecule has 103 valence electrons. The number of carbonyl (C=O) groups excluding carboxylic acids is 1. The summed E-state index contributed by atoms with van der Waals surface area (Å²) in [6.45, 7) is 2.01. The van der Waals surface area contributed by atoms with Crippen LogP contribution in [0, 0.1) is 14.0 Å². The van der Waals surface area contributed by atoms with E-state index in [-0.39, 0.29) is 38.6 Å². The van der Waals surface area contributed by atoms with Crippen molar-refractivity contribution in [3.05, 3.63) is 72.9 Å². The molecular formula is C17H15N2OY-. The van der Waals surface area contributed by atoms with E-state index in [2.05, 4.69) is 12.4 Å². The number of hydrogen-bond acceptors (Lipinski definition) is 1. The minimum absolute atomic E-state index is 0. The molecule has 0 saturated carbocycles. The maximum Gasteiger partial charge on any atom is 0.216 e. The molecule has 0 aliphatic heterocycles. The number of fused-ring (bicyclic) bond motifs is 1. The summed E-state index contributed by atoms with van der Waals surface area (Å²) in [6.07, 6.45) is 0. The van der Waals surface area contributed by atoms with Gasteiger partial charge in [0.1, 0.15) is 0 Å². The van der Waals surface area contributed by atoms with E-state index in [4.69, 9.17) is 0 Å². The summed E-state index contributed by atoms with van der Waals surface area (Å²) in [7, 11) is 3.94. The van der Waals surface area contributed by atoms with Crippen LogP contribution in [-0.2, 0) is 32.7 Å². The fourth-order valence-electron chi connectivity index (χ4n) is 2.23. The standard InChI is InChI=1S/C17H15N2O.Y/c1-12-7-9-14(10-8-12)18-17(20)16-11-13-5-3-4-6-15(13)19(16)2;/h3-11H,2H2,1H3,(H,18,20);/q-1;. The van der Waals surface area contributed by atoms with Gasteiger partial charge < -0.3 is 9.88 Å². The van der Waals surface area contributed by atoms with E-state index in [0.717, 1.165) is 22.2 Å². The van der Waals surface area contributed by atoms with E-state index < -0.39 is 0 Å². The Labute approximate surface area is 149 Å². The molecule has 0 aliphatic rings. The summed E-state index contributed by atoms with van der Waals surface area (Å²) in [4.78, 5) is 12.3. The molecule has 1 heterocycles. The third-order valence-electron chi connectivity index (χ3n) is 3.35. The van der Waals surface area contributed by atoms with Gasteiger partial charge in [0, 0.05) is 44.1 Å². The molecule has 0 bridgehead atoms. The third-order valence-corrected chi connectivity index (χ3v) is 3.35. The summed E-state index contributed by atoms with van der Waals surface area (Å²) in [6, 6.07) is 17.4. The second-order valence-corrected chi connectivity index (χ2v) is 4.84. The largest absolute Gasteiger partial charge is 0.477 e. The number of hydrogen-bond donors (Lipinski definition) is 1. The maximum absolute atomic E-state index is 12.3. The Bertz CT molecular complexity index is 775. The zero-order valence-electron chi connectivity index (χ0n) is 11.8. The Morgan fingerprint density at radius 3 is 2.43 bits per heavy atom. The molecule has 0 spiro atoms. The van der Waals surface area contributed by atoms with Crippen LogP contribution in [0.4, 0.5) is 5.69 Å². The summed E-state index contributed by atoms with van der Waals surface area (Å²) in [5.41, 5.74) is 3.44. The van der Waals surface area contributed by atoms with E-state index in [1.165, 1.54) is 0 Å². The summed E-state index contributed by atoms with van der Waals surface area (Å²) in [5.74, 6) is -0.153. The molecule has 0 saturated heterocycles. The van der Waals surface area contributed by atoms with Gasteiger partial charge in [0.25, 0.3) is 0 Å². The van der Waals surface area contributed by atoms with Gasteiger partial charge in [0.2, 0.25) is 5.91 Å². The summed E-state index contributed by atoms with van der Waals surface area (Å²) in [5, 5.41) is 3.90. The second-order valence-electron chi connectivity index (χ2n) is 4.84. The Morgan fingerprint density at radius 1 is 1.10 bits per heavy atom. The monoisotopic (exact) mass is 352 g/mol. The van der Waals surface area contributed by atoms with Gasteiger partial charge in [-0.05, 0) is 19.1 Å². The zero-order chi connectivity index (χ0) is 14.1. The topological polar surface area (TPSA) is 34.0 Å². The van der Waals surface area contributed by atoms with Crippen molar-refractivity contribution in [3.8, 4) is 0 Å². The van der Waals surface area contributed by atoms with Crippen LogP contribution in [0.15, 0.2) is 54.6 Å². The number of carbonyl (C=O) groups is 1. The number of aromatic nitrogens is 1. The number of amides is 1. The molecule has 4 heteroatoms. The van der Waals surface area contributed by atoms with Crippen molar-refractivity contribution in [2.24, 2.45) is 0 Å². The first-order valence-corrected chi connectivity index (χ1v) is 6.44. The van der Waals surface area contributed by atoms with Gasteiger partial charge in [0.05, 0.1) is 0 Å². The Kier molecular flexibility index (Phi) is 4.86. The van der Waals surface area contributed by atoms with Crippen molar-refractivity contribution in [1.29, 1.82) is 0 Å². The van der Waals surface area contributed by atoms with E-state index in [9.17, 15) is 4.79 Å². The summed E-state index contributed by atoms with van der Waals surface area (Å²) >= 11 is 0. The number of para-hydroxylation sites is 1. The normalized spacial score (nSPS) is 10.1. The number of aryl methyl sites for hydroxylation is 1. The van der Waals surface area contributed by atoms with Crippen LogP contribution in [-0.4, -0.2) is 10.5 Å². The van der Waals surface area contributed by atoms with Crippen LogP contribution >= 0.6 is 0 Å². The quantitative estimate of drug-likeness (QED) is 0.699. The molecule has 21 heavy (non-hydrogen) atoms. The first kappa shape index (κ1) is 15.8. The summed E-state index contributed by atoms with van der Waals surface area (Å²) < 4.78 is 1.67. The van der Waals surface area contributed by atoms with Crippen molar-refractivity contribution in [3.63, 3.8) is 0 Å². The molecule has 1 aromatic heterocycles. The van der Waals surface area contributed by atoms with E-state index in [0.29, 0.717) is 5.69 Å². The number of nitrogens with one attached hydrogen (secondary N) is 1. The predicted molar refractivity (Wildman–Crippen MR) is 81.8 cm³/mol. The van der Waals surface area contributed by atoms with Crippen molar-refractivity contribution < 1.29 is 37.5 Å². The molecule has 2 aromatic carbocycles. The van der Waals surface area contributed by atoms with Crippen molar-refractivity contribution in [1.82, 2.24) is 4.57 Å². The minimum atomic E-state index is -0.153. The number of nitrogens with zero attached hydrogens (tertiary/aromatic N) is 1. The van der Waals surface area contributed by atoms with E-state index in [1.807, 2.05) is 61.5 Å². The molecule has 0 unspecified atom stereocenters. The molecule has 1 radical (unpaired) electrons. The smallest absolute Gasteiger partial charge is 0.216 e. The van der Waals surface area contributed by atoms with Crippen LogP contribution in [0.3, 0.4) is 0 Å². The number of benzene rings is 2. The molecule has 1 amide bonds. The number of rotatable bonds is 2. The van der Waals surface area contributed by atoms with Gasteiger partial charge in [-0.1, -0.05) is 58.9 Å². The van der Waals surface area contributed by atoms with Gasteiger partial charge in [0.15, 0.2) is 0 Å². The SMILES string of the molecule is [CH2-]n1c(C(=O)Nc2ccc(C)cc2)cc2ccccc21.[Y]. The van der Waals surface area contributed by atoms with Gasteiger partial charge >= 0.3 is 0 Å². The van der Waals surface area contributed by atoms with E-state index >= 15 is 0 Å².